The molecule has 1 aromatic carbocycles. The number of nitrogens with one attached hydrogen (secondary N) is 1. The molecule has 0 heterocycles. The second kappa shape index (κ2) is 4.24. The lowest BCUT2D eigenvalue weighted by molar-refractivity contribution is 0.140. The van der Waals surface area contributed by atoms with Crippen molar-refractivity contribution in [1.82, 2.24) is 5.32 Å². The summed E-state index contributed by atoms with van der Waals surface area (Å²) >= 11 is 0. The van der Waals surface area contributed by atoms with E-state index in [4.69, 9.17) is 8.22 Å². The summed E-state index contributed by atoms with van der Waals surface area (Å²) in [5.41, 5.74) is 0.357. The van der Waals surface area contributed by atoms with Gasteiger partial charge in [0, 0.05) is 14.3 Å². The fourth-order valence-corrected chi connectivity index (χ4v) is 0.922. The van der Waals surface area contributed by atoms with Crippen molar-refractivity contribution in [2.24, 2.45) is 0 Å². The number of aliphatic hydroxyl groups excluding tert-OH is 1. The van der Waals surface area contributed by atoms with Gasteiger partial charge in [0.15, 0.2) is 0 Å². The maximum Gasteiger partial charge on any atom is 0.0940 e. The van der Waals surface area contributed by atoms with Crippen LogP contribution in [0.15, 0.2) is 30.3 Å². The highest BCUT2D eigenvalue weighted by Gasteiger charge is 2.12. The Morgan fingerprint density at radius 2 is 2.17 bits per heavy atom. The first-order valence-corrected chi connectivity index (χ1v) is 3.62. The first-order valence-electron chi connectivity index (χ1n) is 6.62. The Morgan fingerprint density at radius 1 is 1.42 bits per heavy atom. The van der Waals surface area contributed by atoms with Crippen LogP contribution in [0.1, 0.15) is 26.7 Å². The molecule has 0 bridgehead atoms. The van der Waals surface area contributed by atoms with E-state index in [-0.39, 0.29) is 0 Å². The van der Waals surface area contributed by atoms with E-state index < -0.39 is 26.0 Å². The Bertz CT molecular complexity index is 374. The van der Waals surface area contributed by atoms with Crippen molar-refractivity contribution in [3.63, 3.8) is 0 Å². The van der Waals surface area contributed by atoms with Crippen LogP contribution in [0.25, 0.3) is 0 Å². The van der Waals surface area contributed by atoms with E-state index in [1.165, 1.54) is 0 Å². The van der Waals surface area contributed by atoms with Crippen molar-refractivity contribution in [3.05, 3.63) is 35.9 Å². The maximum atomic E-state index is 10.0. The number of aliphatic hydroxyl groups is 1. The van der Waals surface area contributed by atoms with E-state index in [0.717, 1.165) is 0 Å². The predicted octanol–water partition coefficient (Wildman–Crippen LogP) is 1.33. The summed E-state index contributed by atoms with van der Waals surface area (Å²) in [6.45, 7) is -5.25. The Balaban J connectivity index is 2.97. The predicted molar refractivity (Wildman–Crippen MR) is 49.9 cm³/mol. The van der Waals surface area contributed by atoms with Gasteiger partial charge in [0.05, 0.1) is 6.10 Å². The van der Waals surface area contributed by atoms with Gasteiger partial charge in [0.25, 0.3) is 0 Å². The van der Waals surface area contributed by atoms with Crippen molar-refractivity contribution in [3.8, 4) is 0 Å². The third-order valence-corrected chi connectivity index (χ3v) is 1.61. The van der Waals surface area contributed by atoms with Crippen LogP contribution >= 0.6 is 0 Å². The lowest BCUT2D eigenvalue weighted by Gasteiger charge is -2.17. The van der Waals surface area contributed by atoms with Crippen molar-refractivity contribution < 1.29 is 13.3 Å². The third-order valence-electron chi connectivity index (χ3n) is 1.61. The first kappa shape index (κ1) is 3.90. The van der Waals surface area contributed by atoms with Crippen molar-refractivity contribution >= 4 is 0 Å². The molecule has 2 heteroatoms. The van der Waals surface area contributed by atoms with Crippen LogP contribution in [-0.4, -0.2) is 18.1 Å². The normalized spacial score (nSPS) is 25.1. The lowest BCUT2D eigenvalue weighted by Crippen LogP contribution is -2.28. The number of hydrogen-bond donors (Lipinski definition) is 2. The zero-order chi connectivity index (χ0) is 14.0. The van der Waals surface area contributed by atoms with Gasteiger partial charge >= 0.3 is 0 Å². The number of benzene rings is 1. The summed E-state index contributed by atoms with van der Waals surface area (Å²) < 4.78 is 43.1. The summed E-state index contributed by atoms with van der Waals surface area (Å²) in [6, 6.07) is 6.55. The van der Waals surface area contributed by atoms with Gasteiger partial charge in [0.1, 0.15) is 0 Å². The molecule has 12 heavy (non-hydrogen) atoms. The fourth-order valence-electron chi connectivity index (χ4n) is 0.922. The Morgan fingerprint density at radius 3 is 2.75 bits per heavy atom. The van der Waals surface area contributed by atoms with Gasteiger partial charge in [-0.25, -0.2) is 0 Å². The molecule has 66 valence electrons. The van der Waals surface area contributed by atoms with Gasteiger partial charge in [-0.2, -0.15) is 0 Å². The molecule has 2 N–H and O–H groups in total. The third kappa shape index (κ3) is 2.06. The van der Waals surface area contributed by atoms with E-state index >= 15 is 0 Å². The molecule has 0 radical (unpaired) electrons. The van der Waals surface area contributed by atoms with Crippen molar-refractivity contribution in [2.45, 2.75) is 19.0 Å². The number of hydrogen-bond acceptors (Lipinski definition) is 2. The Labute approximate surface area is 81.7 Å². The summed E-state index contributed by atoms with van der Waals surface area (Å²) in [5, 5.41) is 12.0. The van der Waals surface area contributed by atoms with Crippen LogP contribution < -0.4 is 5.32 Å². The Hall–Kier alpha value is -0.860. The van der Waals surface area contributed by atoms with Crippen LogP contribution in [0.2, 0.25) is 0 Å². The van der Waals surface area contributed by atoms with E-state index in [9.17, 15) is 5.11 Å². The molecular weight excluding hydrogens is 150 g/mol. The average molecular weight is 171 g/mol. The zero-order valence-electron chi connectivity index (χ0n) is 12.5. The molecule has 0 aliphatic rings. The highest BCUT2D eigenvalue weighted by molar-refractivity contribution is 5.18. The molecule has 0 aliphatic carbocycles. The molecular formula is C10H15NO. The fraction of sp³-hybridized carbons (Fsp3) is 0.400. The molecule has 0 amide bonds. The van der Waals surface area contributed by atoms with Crippen LogP contribution in [-0.2, 0) is 0 Å². The number of rotatable bonds is 3. The van der Waals surface area contributed by atoms with Crippen LogP contribution in [0, 0.1) is 0 Å². The van der Waals surface area contributed by atoms with E-state index in [2.05, 4.69) is 0 Å². The minimum atomic E-state index is -2.63. The molecule has 2 nitrogen and oxygen atoms in total. The minimum absolute atomic E-state index is 0.357. The quantitative estimate of drug-likeness (QED) is 0.719. The summed E-state index contributed by atoms with van der Waals surface area (Å²) in [4.78, 5) is 0. The topological polar surface area (TPSA) is 32.3 Å². The second-order valence-electron chi connectivity index (χ2n) is 2.48. The van der Waals surface area contributed by atoms with E-state index in [1.54, 1.807) is 30.3 Å². The van der Waals surface area contributed by atoms with Crippen molar-refractivity contribution in [1.29, 1.82) is 0 Å². The molecule has 1 aromatic rings. The van der Waals surface area contributed by atoms with Gasteiger partial charge in [0.2, 0.25) is 0 Å². The van der Waals surface area contributed by atoms with Gasteiger partial charge < -0.3 is 10.4 Å². The van der Waals surface area contributed by atoms with Crippen molar-refractivity contribution in [2.75, 3.05) is 6.98 Å². The van der Waals surface area contributed by atoms with Crippen LogP contribution in [0.5, 0.6) is 0 Å². The Kier molecular flexibility index (Phi) is 1.38. The second-order valence-corrected chi connectivity index (χ2v) is 2.48. The lowest BCUT2D eigenvalue weighted by atomic mass is 10.0. The maximum absolute atomic E-state index is 10.0. The highest BCUT2D eigenvalue weighted by atomic mass is 16.3. The van der Waals surface area contributed by atoms with Gasteiger partial charge in [-0.05, 0) is 19.4 Å². The highest BCUT2D eigenvalue weighted by Crippen LogP contribution is 2.15. The standard InChI is InChI=1S/C10H15NO/c1-8(11-2)10(12)9-6-4-3-5-7-9/h3-8,10-12H,1-2H3/t8-,10+/m1/s1/i1D3,2D3. The van der Waals surface area contributed by atoms with E-state index in [0.29, 0.717) is 5.56 Å². The summed E-state index contributed by atoms with van der Waals surface area (Å²) in [6.07, 6.45) is -1.42. The largest absolute Gasteiger partial charge is 0.387 e. The molecule has 0 aliphatic heterocycles. The molecule has 1 rings (SSSR count). The smallest absolute Gasteiger partial charge is 0.0940 e. The summed E-state index contributed by atoms with van der Waals surface area (Å²) in [5.74, 6) is 0. The number of likely N-dealkylation sites (N-methyl/N-ethyl adjacent to an activating group) is 1. The summed E-state index contributed by atoms with van der Waals surface area (Å²) in [7, 11) is 0. The molecule has 0 aromatic heterocycles. The monoisotopic (exact) mass is 171 g/mol. The molecule has 0 fully saturated rings. The van der Waals surface area contributed by atoms with Gasteiger partial charge in [-0.15, -0.1) is 0 Å². The minimum Gasteiger partial charge on any atom is -0.387 e. The average Bonchev–Trinajstić information content (AvgIpc) is 2.24. The SMILES string of the molecule is [2H]C([2H])([2H])N[C@@H]([C@H](O)c1ccccc1)C([2H])([2H])[2H]. The van der Waals surface area contributed by atoms with E-state index in [1.807, 2.05) is 5.32 Å². The van der Waals surface area contributed by atoms with Gasteiger partial charge in [-0.1, -0.05) is 30.3 Å². The first-order chi connectivity index (χ1) is 8.11. The van der Waals surface area contributed by atoms with Gasteiger partial charge in [-0.3, -0.25) is 0 Å². The molecule has 0 spiro atoms. The molecule has 2 atom stereocenters. The molecule has 0 saturated heterocycles. The molecule has 0 unspecified atom stereocenters. The van der Waals surface area contributed by atoms with Crippen LogP contribution in [0.3, 0.4) is 0 Å². The zero-order valence-corrected chi connectivity index (χ0v) is 6.49. The van der Waals surface area contributed by atoms with Crippen LogP contribution in [0.4, 0.5) is 0 Å². The molecule has 0 saturated carbocycles.